The monoisotopic (exact) mass is 1040 g/mol. The first-order valence-electron chi connectivity index (χ1n) is 30.1. The van der Waals surface area contributed by atoms with Gasteiger partial charge in [-0.25, -0.2) is 0 Å². The van der Waals surface area contributed by atoms with E-state index < -0.39 is 86.8 Å². The molecule has 0 saturated carbocycles. The first-order chi connectivity index (χ1) is 35.6. The highest BCUT2D eigenvalue weighted by Crippen LogP contribution is 2.30. The summed E-state index contributed by atoms with van der Waals surface area (Å²) in [5.41, 5.74) is 0. The van der Waals surface area contributed by atoms with Crippen molar-refractivity contribution in [2.75, 3.05) is 19.8 Å². The summed E-state index contributed by atoms with van der Waals surface area (Å²) in [7, 11) is 0. The van der Waals surface area contributed by atoms with Crippen molar-refractivity contribution in [3.8, 4) is 0 Å². The molecule has 430 valence electrons. The van der Waals surface area contributed by atoms with Crippen LogP contribution in [-0.4, -0.2) is 140 Å². The van der Waals surface area contributed by atoms with Crippen LogP contribution in [0.1, 0.15) is 251 Å². The molecule has 14 nitrogen and oxygen atoms in total. The molecule has 14 heteroatoms. The minimum Gasteiger partial charge on any atom is -0.394 e. The molecular formula is C59H111NO13. The number of ether oxygens (including phenoxy) is 4. The summed E-state index contributed by atoms with van der Waals surface area (Å²) in [6, 6.07) is -0.927. The number of aliphatic hydroxyl groups excluding tert-OH is 8. The van der Waals surface area contributed by atoms with Gasteiger partial charge in [-0.15, -0.1) is 0 Å². The Morgan fingerprint density at radius 1 is 0.479 bits per heavy atom. The molecule has 2 rings (SSSR count). The molecule has 0 aromatic rings. The van der Waals surface area contributed by atoms with Gasteiger partial charge >= 0.3 is 0 Å². The number of hydrogen-bond acceptors (Lipinski definition) is 13. The number of amides is 1. The Labute approximate surface area is 443 Å². The molecule has 2 heterocycles. The largest absolute Gasteiger partial charge is 0.394 e. The maximum absolute atomic E-state index is 13.2. The molecule has 2 aliphatic heterocycles. The molecule has 0 aliphatic carbocycles. The smallest absolute Gasteiger partial charge is 0.220 e. The molecule has 0 aromatic heterocycles. The molecule has 2 aliphatic rings. The lowest BCUT2D eigenvalue weighted by Gasteiger charge is -2.46. The molecule has 0 radical (unpaired) electrons. The number of unbranched alkanes of at least 4 members (excludes halogenated alkanes) is 33. The van der Waals surface area contributed by atoms with Gasteiger partial charge in [0.05, 0.1) is 32.0 Å². The molecule has 2 saturated heterocycles. The number of carbonyl (C=O) groups excluding carboxylic acids is 1. The fourth-order valence-electron chi connectivity index (χ4n) is 10.0. The number of rotatable bonds is 48. The van der Waals surface area contributed by atoms with Gasteiger partial charge in [0, 0.05) is 6.42 Å². The summed E-state index contributed by atoms with van der Waals surface area (Å²) in [4.78, 5) is 13.2. The number of allylic oxidation sites excluding steroid dienone is 3. The van der Waals surface area contributed by atoms with E-state index in [9.17, 15) is 45.6 Å². The SMILES string of the molecule is CCCCCCCCCC/C=C/CC/C=C/C(O)C(COC1OC(CO)C(OC2OC(CO)C(O)C(O)C2O)C(O)C1O)NC(=O)CCCCCCCCCCCCCCCCCCCCCCCCCCC. The quantitative estimate of drug-likeness (QED) is 0.0204. The van der Waals surface area contributed by atoms with Crippen LogP contribution in [0.4, 0.5) is 0 Å². The Kier molecular flexibility index (Phi) is 42.1. The fraction of sp³-hybridized carbons (Fsp3) is 0.915. The predicted octanol–water partition coefficient (Wildman–Crippen LogP) is 10.1. The van der Waals surface area contributed by atoms with Crippen molar-refractivity contribution in [1.82, 2.24) is 5.32 Å². The summed E-state index contributed by atoms with van der Waals surface area (Å²) in [6.45, 7) is 2.79. The van der Waals surface area contributed by atoms with Crippen LogP contribution >= 0.6 is 0 Å². The average molecular weight is 1040 g/mol. The van der Waals surface area contributed by atoms with Gasteiger partial charge in [0.2, 0.25) is 5.91 Å². The Morgan fingerprint density at radius 2 is 0.877 bits per heavy atom. The van der Waals surface area contributed by atoms with E-state index in [1.54, 1.807) is 6.08 Å². The van der Waals surface area contributed by atoms with Crippen LogP contribution in [0.2, 0.25) is 0 Å². The third kappa shape index (κ3) is 31.5. The number of hydrogen-bond donors (Lipinski definition) is 9. The summed E-state index contributed by atoms with van der Waals surface area (Å²) in [5, 5.41) is 87.0. The zero-order chi connectivity index (χ0) is 53.2. The number of carbonyl (C=O) groups is 1. The van der Waals surface area contributed by atoms with Crippen LogP contribution in [0.5, 0.6) is 0 Å². The van der Waals surface area contributed by atoms with E-state index in [4.69, 9.17) is 18.9 Å². The lowest BCUT2D eigenvalue weighted by Crippen LogP contribution is -2.65. The highest BCUT2D eigenvalue weighted by atomic mass is 16.7. The minimum absolute atomic E-state index is 0.245. The first-order valence-corrected chi connectivity index (χ1v) is 30.1. The van der Waals surface area contributed by atoms with Gasteiger partial charge in [-0.3, -0.25) is 4.79 Å². The van der Waals surface area contributed by atoms with Crippen LogP contribution in [0.25, 0.3) is 0 Å². The lowest BCUT2D eigenvalue weighted by atomic mass is 9.97. The van der Waals surface area contributed by atoms with Crippen LogP contribution < -0.4 is 5.32 Å². The van der Waals surface area contributed by atoms with Crippen molar-refractivity contribution in [3.63, 3.8) is 0 Å². The van der Waals surface area contributed by atoms with Gasteiger partial charge in [0.25, 0.3) is 0 Å². The van der Waals surface area contributed by atoms with Gasteiger partial charge in [-0.2, -0.15) is 0 Å². The fourth-order valence-corrected chi connectivity index (χ4v) is 10.0. The third-order valence-electron chi connectivity index (χ3n) is 14.9. The van der Waals surface area contributed by atoms with E-state index >= 15 is 0 Å². The van der Waals surface area contributed by atoms with E-state index in [2.05, 4.69) is 31.3 Å². The standard InChI is InChI=1S/C59H111NO13/c1-3-5-7-9-11-13-15-17-19-20-21-22-23-24-25-26-27-28-29-31-33-35-37-39-41-43-51(64)60-47(48(63)42-40-38-36-34-32-30-18-16-14-12-10-8-6-4-2)46-70-58-56(69)54(67)57(50(45-62)72-58)73-59-55(68)53(66)52(65)49(44-61)71-59/h32,34,40,42,47-50,52-59,61-63,65-69H,3-31,33,35-39,41,43-46H2,1-2H3,(H,60,64)/b34-32+,42-40+. The molecule has 9 N–H and O–H groups in total. The third-order valence-corrected chi connectivity index (χ3v) is 14.9. The average Bonchev–Trinajstić information content (AvgIpc) is 3.39. The van der Waals surface area contributed by atoms with Gasteiger partial charge in [-0.1, -0.05) is 237 Å². The Balaban J connectivity index is 1.72. The van der Waals surface area contributed by atoms with Gasteiger partial charge in [-0.05, 0) is 32.1 Å². The molecule has 2 fully saturated rings. The van der Waals surface area contributed by atoms with Crippen molar-refractivity contribution in [3.05, 3.63) is 24.3 Å². The second-order valence-electron chi connectivity index (χ2n) is 21.5. The topological polar surface area (TPSA) is 228 Å². The van der Waals surface area contributed by atoms with E-state index in [1.165, 1.54) is 186 Å². The Bertz CT molecular complexity index is 1320. The van der Waals surface area contributed by atoms with Crippen LogP contribution in [0, 0.1) is 0 Å². The highest BCUT2D eigenvalue weighted by Gasteiger charge is 2.51. The summed E-state index contributed by atoms with van der Waals surface area (Å²) >= 11 is 0. The molecule has 0 bridgehead atoms. The first kappa shape index (κ1) is 67.6. The van der Waals surface area contributed by atoms with Crippen LogP contribution in [0.15, 0.2) is 24.3 Å². The summed E-state index contributed by atoms with van der Waals surface area (Å²) < 4.78 is 22.7. The van der Waals surface area contributed by atoms with Crippen molar-refractivity contribution in [1.29, 1.82) is 0 Å². The molecule has 73 heavy (non-hydrogen) atoms. The van der Waals surface area contributed by atoms with Gasteiger partial charge < -0.3 is 65.1 Å². The Hall–Kier alpha value is -1.53. The van der Waals surface area contributed by atoms with Crippen molar-refractivity contribution >= 4 is 5.91 Å². The normalized spacial score (nSPS) is 25.5. The second-order valence-corrected chi connectivity index (χ2v) is 21.5. The number of nitrogens with one attached hydrogen (secondary N) is 1. The maximum Gasteiger partial charge on any atom is 0.220 e. The van der Waals surface area contributed by atoms with Crippen LogP contribution in [-0.2, 0) is 23.7 Å². The van der Waals surface area contributed by atoms with Gasteiger partial charge in [0.15, 0.2) is 12.6 Å². The van der Waals surface area contributed by atoms with E-state index in [1.807, 2.05) is 6.08 Å². The minimum atomic E-state index is -1.79. The van der Waals surface area contributed by atoms with E-state index in [0.29, 0.717) is 12.8 Å². The Morgan fingerprint density at radius 3 is 1.34 bits per heavy atom. The lowest BCUT2D eigenvalue weighted by molar-refractivity contribution is -0.359. The molecule has 0 spiro atoms. The molecule has 12 unspecified atom stereocenters. The maximum atomic E-state index is 13.2. The van der Waals surface area contributed by atoms with Gasteiger partial charge in [0.1, 0.15) is 48.8 Å². The zero-order valence-electron chi connectivity index (χ0n) is 46.1. The molecule has 12 atom stereocenters. The second kappa shape index (κ2) is 45.5. The molecular weight excluding hydrogens is 931 g/mol. The van der Waals surface area contributed by atoms with E-state index in [0.717, 1.165) is 32.1 Å². The summed E-state index contributed by atoms with van der Waals surface area (Å²) in [6.07, 6.45) is 36.6. The predicted molar refractivity (Wildman–Crippen MR) is 291 cm³/mol. The van der Waals surface area contributed by atoms with Crippen molar-refractivity contribution < 1.29 is 64.6 Å². The van der Waals surface area contributed by atoms with Crippen molar-refractivity contribution in [2.24, 2.45) is 0 Å². The molecule has 0 aromatic carbocycles. The van der Waals surface area contributed by atoms with E-state index in [-0.39, 0.29) is 18.9 Å². The molecule has 1 amide bonds. The highest BCUT2D eigenvalue weighted by molar-refractivity contribution is 5.76. The zero-order valence-corrected chi connectivity index (χ0v) is 46.1. The van der Waals surface area contributed by atoms with Crippen molar-refractivity contribution in [2.45, 2.75) is 325 Å². The van der Waals surface area contributed by atoms with Crippen LogP contribution in [0.3, 0.4) is 0 Å². The summed E-state index contributed by atoms with van der Waals surface area (Å²) in [5.74, 6) is -0.245. The number of aliphatic hydroxyl groups is 8.